The molecule has 0 aliphatic heterocycles. The standard InChI is InChI=1S/C21H13N5O2/c22-10-13-2-1-3-20(27-18-6-4-16(25)8-14(18)11-23)21(13)28-19-7-5-17(26)9-15(19)12-24/h1-9H,25-26H2. The third-order valence-corrected chi connectivity index (χ3v) is 3.78. The highest BCUT2D eigenvalue weighted by molar-refractivity contribution is 5.60. The van der Waals surface area contributed by atoms with E-state index in [9.17, 15) is 15.8 Å². The molecule has 0 spiro atoms. The van der Waals surface area contributed by atoms with Gasteiger partial charge < -0.3 is 20.9 Å². The molecular weight excluding hydrogens is 354 g/mol. The SMILES string of the molecule is N#Cc1cc(N)ccc1Oc1cccc(C#N)c1Oc1ccc(N)cc1C#N. The van der Waals surface area contributed by atoms with E-state index in [1.54, 1.807) is 36.4 Å². The molecule has 0 bridgehead atoms. The maximum atomic E-state index is 9.46. The third kappa shape index (κ3) is 3.62. The summed E-state index contributed by atoms with van der Waals surface area (Å²) < 4.78 is 11.7. The molecule has 0 aromatic heterocycles. The molecule has 0 saturated heterocycles. The monoisotopic (exact) mass is 367 g/mol. The van der Waals surface area contributed by atoms with Crippen LogP contribution in [0.1, 0.15) is 16.7 Å². The zero-order valence-corrected chi connectivity index (χ0v) is 14.5. The molecule has 4 N–H and O–H groups in total. The molecular formula is C21H13N5O2. The zero-order chi connectivity index (χ0) is 20.1. The first-order chi connectivity index (χ1) is 13.5. The van der Waals surface area contributed by atoms with Gasteiger partial charge in [0.25, 0.3) is 0 Å². The normalized spacial score (nSPS) is 9.61. The summed E-state index contributed by atoms with van der Waals surface area (Å²) in [5, 5.41) is 28.1. The van der Waals surface area contributed by atoms with Crippen molar-refractivity contribution >= 4 is 11.4 Å². The Balaban J connectivity index is 2.07. The van der Waals surface area contributed by atoms with Crippen LogP contribution in [0.4, 0.5) is 11.4 Å². The fourth-order valence-corrected chi connectivity index (χ4v) is 2.47. The van der Waals surface area contributed by atoms with Crippen molar-refractivity contribution in [1.29, 1.82) is 15.8 Å². The van der Waals surface area contributed by atoms with Gasteiger partial charge in [0.2, 0.25) is 0 Å². The number of rotatable bonds is 4. The van der Waals surface area contributed by atoms with Gasteiger partial charge in [-0.2, -0.15) is 15.8 Å². The molecule has 28 heavy (non-hydrogen) atoms. The molecule has 7 nitrogen and oxygen atoms in total. The van der Waals surface area contributed by atoms with Gasteiger partial charge in [-0.1, -0.05) is 6.07 Å². The van der Waals surface area contributed by atoms with Gasteiger partial charge in [-0.05, 0) is 48.5 Å². The largest absolute Gasteiger partial charge is 0.452 e. The summed E-state index contributed by atoms with van der Waals surface area (Å²) in [5.74, 6) is 0.810. The number of benzene rings is 3. The van der Waals surface area contributed by atoms with Crippen LogP contribution in [0.25, 0.3) is 0 Å². The number of nitrogens with two attached hydrogens (primary N) is 2. The number of hydrogen-bond acceptors (Lipinski definition) is 7. The van der Waals surface area contributed by atoms with Crippen molar-refractivity contribution in [2.24, 2.45) is 0 Å². The minimum Gasteiger partial charge on any atom is -0.452 e. The Hall–Kier alpha value is -4.67. The van der Waals surface area contributed by atoms with Crippen LogP contribution >= 0.6 is 0 Å². The number of hydrogen-bond donors (Lipinski definition) is 2. The van der Waals surface area contributed by atoms with Crippen LogP contribution in [0.2, 0.25) is 0 Å². The van der Waals surface area contributed by atoms with Crippen molar-refractivity contribution < 1.29 is 9.47 Å². The molecule has 3 rings (SSSR count). The van der Waals surface area contributed by atoms with Crippen molar-refractivity contribution in [3.05, 3.63) is 71.3 Å². The summed E-state index contributed by atoms with van der Waals surface area (Å²) in [5.41, 5.74) is 12.9. The van der Waals surface area contributed by atoms with E-state index in [-0.39, 0.29) is 39.7 Å². The third-order valence-electron chi connectivity index (χ3n) is 3.78. The molecule has 0 unspecified atom stereocenters. The first-order valence-corrected chi connectivity index (χ1v) is 8.03. The Labute approximate surface area is 161 Å². The van der Waals surface area contributed by atoms with E-state index in [1.165, 1.54) is 18.2 Å². The predicted molar refractivity (Wildman–Crippen MR) is 102 cm³/mol. The lowest BCUT2D eigenvalue weighted by molar-refractivity contribution is 0.416. The number of nitrogens with zero attached hydrogens (tertiary/aromatic N) is 3. The smallest absolute Gasteiger partial charge is 0.187 e. The van der Waals surface area contributed by atoms with Gasteiger partial charge in [0.05, 0.1) is 16.7 Å². The van der Waals surface area contributed by atoms with Gasteiger partial charge in [0.15, 0.2) is 11.5 Å². The van der Waals surface area contributed by atoms with Crippen LogP contribution in [-0.4, -0.2) is 0 Å². The molecule has 0 fully saturated rings. The minimum atomic E-state index is 0.118. The van der Waals surface area contributed by atoms with E-state index < -0.39 is 0 Å². The van der Waals surface area contributed by atoms with Crippen molar-refractivity contribution in [3.8, 4) is 41.2 Å². The summed E-state index contributed by atoms with van der Waals surface area (Å²) in [6.07, 6.45) is 0. The molecule has 0 atom stereocenters. The molecule has 134 valence electrons. The zero-order valence-electron chi connectivity index (χ0n) is 14.5. The fourth-order valence-electron chi connectivity index (χ4n) is 2.47. The highest BCUT2D eigenvalue weighted by Crippen LogP contribution is 2.39. The Morgan fingerprint density at radius 2 is 1.14 bits per heavy atom. The van der Waals surface area contributed by atoms with Crippen molar-refractivity contribution in [1.82, 2.24) is 0 Å². The van der Waals surface area contributed by atoms with E-state index in [2.05, 4.69) is 0 Å². The van der Waals surface area contributed by atoms with Gasteiger partial charge in [0.1, 0.15) is 29.7 Å². The Bertz CT molecular complexity index is 1180. The van der Waals surface area contributed by atoms with E-state index in [0.29, 0.717) is 11.4 Å². The molecule has 7 heteroatoms. The lowest BCUT2D eigenvalue weighted by Gasteiger charge is -2.15. The number of nitrogen functional groups attached to an aromatic ring is 2. The molecule has 0 heterocycles. The molecule has 0 aliphatic carbocycles. The topological polar surface area (TPSA) is 142 Å². The second kappa shape index (κ2) is 7.70. The van der Waals surface area contributed by atoms with E-state index >= 15 is 0 Å². The number of ether oxygens (including phenoxy) is 2. The molecule has 0 aliphatic rings. The first kappa shape index (κ1) is 18.1. The summed E-state index contributed by atoms with van der Waals surface area (Å²) in [4.78, 5) is 0. The van der Waals surface area contributed by atoms with Gasteiger partial charge in [-0.15, -0.1) is 0 Å². The van der Waals surface area contributed by atoms with Crippen molar-refractivity contribution in [2.45, 2.75) is 0 Å². The average molecular weight is 367 g/mol. The lowest BCUT2D eigenvalue weighted by atomic mass is 10.1. The highest BCUT2D eigenvalue weighted by atomic mass is 16.5. The second-order valence-corrected chi connectivity index (χ2v) is 5.68. The Morgan fingerprint density at radius 3 is 1.68 bits per heavy atom. The molecule has 0 radical (unpaired) electrons. The van der Waals surface area contributed by atoms with Gasteiger partial charge in [-0.3, -0.25) is 0 Å². The maximum absolute atomic E-state index is 9.46. The van der Waals surface area contributed by atoms with Crippen LogP contribution in [0.5, 0.6) is 23.0 Å². The number of nitriles is 3. The summed E-state index contributed by atoms with van der Waals surface area (Å²) >= 11 is 0. The Kier molecular flexibility index (Phi) is 4.98. The maximum Gasteiger partial charge on any atom is 0.187 e. The van der Waals surface area contributed by atoms with Crippen LogP contribution in [0, 0.1) is 34.0 Å². The molecule has 3 aromatic rings. The minimum absolute atomic E-state index is 0.118. The Morgan fingerprint density at radius 1 is 0.607 bits per heavy atom. The number of anilines is 2. The van der Waals surface area contributed by atoms with Crippen molar-refractivity contribution in [3.63, 3.8) is 0 Å². The van der Waals surface area contributed by atoms with Crippen LogP contribution < -0.4 is 20.9 Å². The average Bonchev–Trinajstić information content (AvgIpc) is 2.71. The van der Waals surface area contributed by atoms with Gasteiger partial charge in [-0.25, -0.2) is 0 Å². The molecule has 3 aromatic carbocycles. The quantitative estimate of drug-likeness (QED) is 0.662. The van der Waals surface area contributed by atoms with Gasteiger partial charge in [0, 0.05) is 11.4 Å². The van der Waals surface area contributed by atoms with Crippen LogP contribution in [0.15, 0.2) is 54.6 Å². The number of para-hydroxylation sites is 1. The van der Waals surface area contributed by atoms with E-state index in [4.69, 9.17) is 20.9 Å². The van der Waals surface area contributed by atoms with E-state index in [0.717, 1.165) is 0 Å². The highest BCUT2D eigenvalue weighted by Gasteiger charge is 2.17. The predicted octanol–water partition coefficient (Wildman–Crippen LogP) is 4.05. The van der Waals surface area contributed by atoms with Crippen LogP contribution in [-0.2, 0) is 0 Å². The lowest BCUT2D eigenvalue weighted by Crippen LogP contribution is -1.97. The fraction of sp³-hybridized carbons (Fsp3) is 0. The van der Waals surface area contributed by atoms with Crippen LogP contribution in [0.3, 0.4) is 0 Å². The summed E-state index contributed by atoms with van der Waals surface area (Å²) in [6, 6.07) is 20.0. The van der Waals surface area contributed by atoms with Crippen molar-refractivity contribution in [2.75, 3.05) is 11.5 Å². The molecule has 0 amide bonds. The van der Waals surface area contributed by atoms with E-state index in [1.807, 2.05) is 18.2 Å². The first-order valence-electron chi connectivity index (χ1n) is 8.03. The molecule has 0 saturated carbocycles. The summed E-state index contributed by atoms with van der Waals surface area (Å²) in [6.45, 7) is 0. The second-order valence-electron chi connectivity index (χ2n) is 5.68. The summed E-state index contributed by atoms with van der Waals surface area (Å²) in [7, 11) is 0. The van der Waals surface area contributed by atoms with Gasteiger partial charge >= 0.3 is 0 Å².